The molecule has 1 heterocycles. The summed E-state index contributed by atoms with van der Waals surface area (Å²) in [6, 6.07) is 10.7. The quantitative estimate of drug-likeness (QED) is 0.273. The van der Waals surface area contributed by atoms with Gasteiger partial charge >= 0.3 is 0 Å². The molecule has 0 aliphatic rings. The number of benzene rings is 2. The van der Waals surface area contributed by atoms with Crippen LogP contribution in [0.3, 0.4) is 0 Å². The van der Waals surface area contributed by atoms with Gasteiger partial charge in [-0.25, -0.2) is 9.37 Å². The molecule has 164 valence electrons. The fraction of sp³-hybridized carbons (Fsp3) is 0.238. The molecule has 31 heavy (non-hydrogen) atoms. The Labute approximate surface area is 189 Å². The van der Waals surface area contributed by atoms with E-state index in [2.05, 4.69) is 4.98 Å². The van der Waals surface area contributed by atoms with Gasteiger partial charge < -0.3 is 4.90 Å². The van der Waals surface area contributed by atoms with Gasteiger partial charge in [0.1, 0.15) is 11.3 Å². The van der Waals surface area contributed by atoms with Crippen molar-refractivity contribution in [2.75, 3.05) is 32.1 Å². The number of non-ortho nitro benzene ring substituents is 1. The minimum absolute atomic E-state index is 0. The normalized spacial score (nSPS) is 11.1. The SMILES string of the molecule is CN(C)CCCN(C(=O)C=Cc1cccc([N+](=O)[O-])c1)c1nc2c(F)cccc2s1.Cl. The average molecular weight is 465 g/mol. The molecule has 0 saturated carbocycles. The third-order valence-corrected chi connectivity index (χ3v) is 5.39. The highest BCUT2D eigenvalue weighted by molar-refractivity contribution is 7.22. The Hall–Kier alpha value is -2.88. The summed E-state index contributed by atoms with van der Waals surface area (Å²) in [6.07, 6.45) is 3.60. The Morgan fingerprint density at radius 1 is 1.23 bits per heavy atom. The van der Waals surface area contributed by atoms with Crippen LogP contribution in [0.25, 0.3) is 16.3 Å². The predicted molar refractivity (Wildman–Crippen MR) is 124 cm³/mol. The van der Waals surface area contributed by atoms with E-state index in [0.29, 0.717) is 28.4 Å². The Bertz CT molecular complexity index is 1100. The molecular weight excluding hydrogens is 443 g/mol. The molecule has 0 aliphatic heterocycles. The number of rotatable bonds is 8. The van der Waals surface area contributed by atoms with Crippen LogP contribution in [0.1, 0.15) is 12.0 Å². The van der Waals surface area contributed by atoms with Crippen molar-refractivity contribution >= 4 is 56.8 Å². The first-order valence-electron chi connectivity index (χ1n) is 9.29. The van der Waals surface area contributed by atoms with E-state index in [1.165, 1.54) is 46.6 Å². The maximum Gasteiger partial charge on any atom is 0.270 e. The Morgan fingerprint density at radius 3 is 2.65 bits per heavy atom. The predicted octanol–water partition coefficient (Wildman–Crippen LogP) is 4.76. The fourth-order valence-electron chi connectivity index (χ4n) is 2.86. The van der Waals surface area contributed by atoms with Gasteiger partial charge in [-0.15, -0.1) is 12.4 Å². The molecule has 0 saturated heterocycles. The van der Waals surface area contributed by atoms with Crippen molar-refractivity contribution in [2.24, 2.45) is 0 Å². The number of hydrogen-bond acceptors (Lipinski definition) is 6. The number of para-hydroxylation sites is 1. The minimum atomic E-state index is -0.484. The molecule has 2 aromatic carbocycles. The van der Waals surface area contributed by atoms with E-state index in [0.717, 1.165) is 6.54 Å². The van der Waals surface area contributed by atoms with E-state index in [-0.39, 0.29) is 29.5 Å². The first kappa shape index (κ1) is 24.4. The molecule has 0 atom stereocenters. The minimum Gasteiger partial charge on any atom is -0.309 e. The van der Waals surface area contributed by atoms with Crippen LogP contribution in [0.15, 0.2) is 48.5 Å². The molecule has 1 aromatic heterocycles. The van der Waals surface area contributed by atoms with E-state index in [4.69, 9.17) is 0 Å². The third kappa shape index (κ3) is 6.30. The molecule has 0 aliphatic carbocycles. The van der Waals surface area contributed by atoms with Crippen LogP contribution in [-0.4, -0.2) is 47.9 Å². The van der Waals surface area contributed by atoms with Crippen molar-refractivity contribution in [3.05, 3.63) is 70.0 Å². The summed E-state index contributed by atoms with van der Waals surface area (Å²) in [5, 5.41) is 11.4. The first-order valence-corrected chi connectivity index (χ1v) is 10.1. The van der Waals surface area contributed by atoms with Gasteiger partial charge in [0.25, 0.3) is 11.6 Å². The number of nitro benzene ring substituents is 1. The lowest BCUT2D eigenvalue weighted by atomic mass is 10.2. The summed E-state index contributed by atoms with van der Waals surface area (Å²) >= 11 is 1.25. The summed E-state index contributed by atoms with van der Waals surface area (Å²) in [7, 11) is 3.89. The molecular formula is C21H22ClFN4O3S. The average Bonchev–Trinajstić information content (AvgIpc) is 3.14. The van der Waals surface area contributed by atoms with Crippen LogP contribution in [0.5, 0.6) is 0 Å². The van der Waals surface area contributed by atoms with Gasteiger partial charge in [-0.1, -0.05) is 29.5 Å². The summed E-state index contributed by atoms with van der Waals surface area (Å²) in [6.45, 7) is 1.19. The maximum absolute atomic E-state index is 14.1. The van der Waals surface area contributed by atoms with Crippen LogP contribution in [0.4, 0.5) is 15.2 Å². The smallest absolute Gasteiger partial charge is 0.270 e. The van der Waals surface area contributed by atoms with E-state index in [1.807, 2.05) is 19.0 Å². The number of hydrogen-bond donors (Lipinski definition) is 0. The van der Waals surface area contributed by atoms with Gasteiger partial charge in [-0.05, 0) is 50.8 Å². The number of amides is 1. The monoisotopic (exact) mass is 464 g/mol. The van der Waals surface area contributed by atoms with E-state index in [1.54, 1.807) is 24.3 Å². The Kier molecular flexibility index (Phi) is 8.61. The second kappa shape index (κ2) is 10.9. The van der Waals surface area contributed by atoms with Crippen molar-refractivity contribution in [2.45, 2.75) is 6.42 Å². The van der Waals surface area contributed by atoms with Crippen LogP contribution in [0.2, 0.25) is 0 Å². The number of fused-ring (bicyclic) bond motifs is 1. The Morgan fingerprint density at radius 2 is 1.97 bits per heavy atom. The third-order valence-electron chi connectivity index (χ3n) is 4.34. The highest BCUT2D eigenvalue weighted by Crippen LogP contribution is 2.30. The number of thiazole rings is 1. The molecule has 1 amide bonds. The number of carbonyl (C=O) groups is 1. The molecule has 0 radical (unpaired) electrons. The van der Waals surface area contributed by atoms with Gasteiger partial charge in [0.05, 0.1) is 9.62 Å². The van der Waals surface area contributed by atoms with E-state index >= 15 is 0 Å². The Balaban J connectivity index is 0.00000341. The van der Waals surface area contributed by atoms with Gasteiger partial charge in [-0.3, -0.25) is 19.8 Å². The number of carbonyl (C=O) groups excluding carboxylic acids is 1. The highest BCUT2D eigenvalue weighted by atomic mass is 35.5. The molecule has 10 heteroatoms. The second-order valence-corrected chi connectivity index (χ2v) is 7.92. The molecule has 3 rings (SSSR count). The topological polar surface area (TPSA) is 79.6 Å². The molecule has 0 N–H and O–H groups in total. The number of nitrogens with zero attached hydrogens (tertiary/aromatic N) is 4. The number of anilines is 1. The van der Waals surface area contributed by atoms with E-state index < -0.39 is 10.7 Å². The van der Waals surface area contributed by atoms with Crippen LogP contribution in [0, 0.1) is 15.9 Å². The van der Waals surface area contributed by atoms with Crippen molar-refractivity contribution in [3.63, 3.8) is 0 Å². The number of halogens is 2. The molecule has 0 unspecified atom stereocenters. The van der Waals surface area contributed by atoms with Gasteiger partial charge in [0.15, 0.2) is 5.13 Å². The summed E-state index contributed by atoms with van der Waals surface area (Å²) in [5.74, 6) is -0.748. The largest absolute Gasteiger partial charge is 0.309 e. The molecule has 7 nitrogen and oxygen atoms in total. The second-order valence-electron chi connectivity index (χ2n) is 6.92. The molecule has 0 bridgehead atoms. The van der Waals surface area contributed by atoms with Crippen molar-refractivity contribution in [3.8, 4) is 0 Å². The summed E-state index contributed by atoms with van der Waals surface area (Å²) in [5.41, 5.74) is 0.737. The number of nitro groups is 1. The van der Waals surface area contributed by atoms with Gasteiger partial charge in [-0.2, -0.15) is 0 Å². The zero-order valence-corrected chi connectivity index (χ0v) is 18.7. The summed E-state index contributed by atoms with van der Waals surface area (Å²) < 4.78 is 14.7. The van der Waals surface area contributed by atoms with Gasteiger partial charge in [0, 0.05) is 24.8 Å². The molecule has 0 fully saturated rings. The van der Waals surface area contributed by atoms with Gasteiger partial charge in [0.2, 0.25) is 0 Å². The van der Waals surface area contributed by atoms with Crippen LogP contribution >= 0.6 is 23.7 Å². The summed E-state index contributed by atoms with van der Waals surface area (Å²) in [4.78, 5) is 31.3. The molecule has 3 aromatic rings. The van der Waals surface area contributed by atoms with Crippen molar-refractivity contribution < 1.29 is 14.1 Å². The first-order chi connectivity index (χ1) is 14.3. The highest BCUT2D eigenvalue weighted by Gasteiger charge is 2.19. The van der Waals surface area contributed by atoms with Crippen LogP contribution in [-0.2, 0) is 4.79 Å². The van der Waals surface area contributed by atoms with E-state index in [9.17, 15) is 19.3 Å². The lowest BCUT2D eigenvalue weighted by Crippen LogP contribution is -2.32. The lowest BCUT2D eigenvalue weighted by molar-refractivity contribution is -0.384. The maximum atomic E-state index is 14.1. The van der Waals surface area contributed by atoms with Crippen molar-refractivity contribution in [1.29, 1.82) is 0 Å². The number of aromatic nitrogens is 1. The standard InChI is InChI=1S/C21H21FN4O3S.ClH/c1-24(2)12-5-13-25(21-23-20-17(22)8-4-9-18(20)30-21)19(27)11-10-15-6-3-7-16(14-15)26(28)29;/h3-4,6-11,14H,5,12-13H2,1-2H3;1H. The zero-order valence-electron chi connectivity index (χ0n) is 17.0. The fourth-order valence-corrected chi connectivity index (χ4v) is 3.87. The van der Waals surface area contributed by atoms with Crippen molar-refractivity contribution in [1.82, 2.24) is 9.88 Å². The zero-order chi connectivity index (χ0) is 21.7. The lowest BCUT2D eigenvalue weighted by Gasteiger charge is -2.19. The van der Waals surface area contributed by atoms with Crippen LogP contribution < -0.4 is 4.90 Å². The molecule has 0 spiro atoms.